The summed E-state index contributed by atoms with van der Waals surface area (Å²) >= 11 is 0. The third kappa shape index (κ3) is 3.40. The fourth-order valence-corrected chi connectivity index (χ4v) is 3.47. The number of carbonyl (C=O) groups is 1. The summed E-state index contributed by atoms with van der Waals surface area (Å²) in [5.41, 5.74) is 0.784. The molecule has 0 aromatic carbocycles. The van der Waals surface area contributed by atoms with Crippen molar-refractivity contribution < 1.29 is 4.79 Å². The number of aromatic nitrogens is 5. The summed E-state index contributed by atoms with van der Waals surface area (Å²) < 4.78 is 3.96. The van der Waals surface area contributed by atoms with Crippen LogP contribution in [0.15, 0.2) is 36.8 Å². The van der Waals surface area contributed by atoms with Crippen molar-refractivity contribution in [1.82, 2.24) is 34.4 Å². The van der Waals surface area contributed by atoms with E-state index in [0.29, 0.717) is 12.5 Å². The summed E-state index contributed by atoms with van der Waals surface area (Å²) in [7, 11) is 2.03. The molecule has 1 aliphatic rings. The topological polar surface area (TPSA) is 80.3 Å². The number of amides is 2. The number of aryl methyl sites for hydroxylation is 1. The minimum atomic E-state index is -0.0341. The van der Waals surface area contributed by atoms with Crippen molar-refractivity contribution in [2.24, 2.45) is 13.0 Å². The fourth-order valence-electron chi connectivity index (χ4n) is 3.47. The highest BCUT2D eigenvalue weighted by atomic mass is 16.2. The van der Waals surface area contributed by atoms with Crippen molar-refractivity contribution in [1.29, 1.82) is 0 Å². The monoisotopic (exact) mass is 353 g/mol. The molecule has 0 aliphatic carbocycles. The number of carbonyl (C=O) groups excluding carboxylic acids is 1. The highest BCUT2D eigenvalue weighted by Gasteiger charge is 2.24. The molecule has 0 radical (unpaired) electrons. The number of piperidine rings is 1. The van der Waals surface area contributed by atoms with E-state index in [9.17, 15) is 4.79 Å². The average molecular weight is 353 g/mol. The van der Waals surface area contributed by atoms with E-state index in [0.717, 1.165) is 49.6 Å². The molecule has 0 spiro atoms. The Morgan fingerprint density at radius 2 is 2.04 bits per heavy atom. The zero-order valence-electron chi connectivity index (χ0n) is 14.9. The molecule has 4 heterocycles. The van der Waals surface area contributed by atoms with Gasteiger partial charge in [-0.2, -0.15) is 0 Å². The molecule has 2 amide bonds. The predicted molar refractivity (Wildman–Crippen MR) is 96.4 cm³/mol. The number of nitrogens with zero attached hydrogens (tertiary/aromatic N) is 6. The molecule has 0 saturated carbocycles. The first-order valence-electron chi connectivity index (χ1n) is 8.98. The molecule has 1 N–H and O–H groups in total. The number of nitrogens with one attached hydrogen (secondary N) is 1. The van der Waals surface area contributed by atoms with E-state index in [1.54, 1.807) is 0 Å². The molecule has 3 aromatic heterocycles. The van der Waals surface area contributed by atoms with E-state index in [2.05, 4.69) is 25.1 Å². The normalized spacial score (nSPS) is 15.5. The molecular formula is C18H23N7O. The van der Waals surface area contributed by atoms with Gasteiger partial charge in [0.2, 0.25) is 0 Å². The number of fused-ring (bicyclic) bond motifs is 1. The Kier molecular flexibility index (Phi) is 4.55. The van der Waals surface area contributed by atoms with Crippen LogP contribution in [0.3, 0.4) is 0 Å². The lowest BCUT2D eigenvalue weighted by atomic mass is 9.93. The van der Waals surface area contributed by atoms with E-state index in [-0.39, 0.29) is 6.03 Å². The maximum atomic E-state index is 12.4. The van der Waals surface area contributed by atoms with Crippen molar-refractivity contribution >= 4 is 11.7 Å². The zero-order valence-corrected chi connectivity index (χ0v) is 14.9. The van der Waals surface area contributed by atoms with E-state index in [1.165, 1.54) is 0 Å². The van der Waals surface area contributed by atoms with Gasteiger partial charge in [0, 0.05) is 45.1 Å². The lowest BCUT2D eigenvalue weighted by Gasteiger charge is -2.31. The quantitative estimate of drug-likeness (QED) is 0.773. The Morgan fingerprint density at radius 1 is 1.19 bits per heavy atom. The van der Waals surface area contributed by atoms with Crippen LogP contribution in [0.5, 0.6) is 0 Å². The summed E-state index contributed by atoms with van der Waals surface area (Å²) in [6.45, 7) is 1.93. The minimum absolute atomic E-state index is 0.0341. The second kappa shape index (κ2) is 7.15. The number of hydrogen-bond donors (Lipinski definition) is 1. The maximum absolute atomic E-state index is 12.4. The molecule has 8 nitrogen and oxygen atoms in total. The van der Waals surface area contributed by atoms with Gasteiger partial charge in [-0.25, -0.2) is 9.78 Å². The molecule has 1 aliphatic heterocycles. The van der Waals surface area contributed by atoms with Crippen molar-refractivity contribution in [3.8, 4) is 0 Å². The average Bonchev–Trinajstić information content (AvgIpc) is 3.27. The first kappa shape index (κ1) is 16.6. The van der Waals surface area contributed by atoms with Gasteiger partial charge in [0.15, 0.2) is 11.5 Å². The largest absolute Gasteiger partial charge is 0.338 e. The van der Waals surface area contributed by atoms with Gasteiger partial charge in [-0.3, -0.25) is 4.40 Å². The molecule has 4 rings (SSSR count). The summed E-state index contributed by atoms with van der Waals surface area (Å²) in [5, 5.41) is 11.2. The Labute approximate surface area is 151 Å². The first-order chi connectivity index (χ1) is 12.7. The Bertz CT molecular complexity index is 892. The van der Waals surface area contributed by atoms with Crippen LogP contribution in [0.4, 0.5) is 4.79 Å². The van der Waals surface area contributed by atoms with Crippen LogP contribution in [0, 0.1) is 5.92 Å². The van der Waals surface area contributed by atoms with Crippen LogP contribution >= 0.6 is 0 Å². The Morgan fingerprint density at radius 3 is 2.81 bits per heavy atom. The van der Waals surface area contributed by atoms with Gasteiger partial charge in [-0.05, 0) is 30.9 Å². The predicted octanol–water partition coefficient (Wildman–Crippen LogP) is 1.63. The van der Waals surface area contributed by atoms with E-state index in [1.807, 2.05) is 53.1 Å². The summed E-state index contributed by atoms with van der Waals surface area (Å²) in [6, 6.07) is 5.70. The third-order valence-electron chi connectivity index (χ3n) is 5.08. The van der Waals surface area contributed by atoms with Crippen molar-refractivity contribution in [3.63, 3.8) is 0 Å². The van der Waals surface area contributed by atoms with Crippen LogP contribution in [0.25, 0.3) is 5.65 Å². The zero-order chi connectivity index (χ0) is 17.9. The fraction of sp³-hybridized carbons (Fsp3) is 0.444. The van der Waals surface area contributed by atoms with Crippen LogP contribution in [-0.4, -0.2) is 48.2 Å². The number of likely N-dealkylation sites (tertiary alicyclic amines) is 1. The molecule has 3 aromatic rings. The first-order valence-corrected chi connectivity index (χ1v) is 8.98. The number of urea groups is 1. The van der Waals surface area contributed by atoms with Crippen LogP contribution in [0.2, 0.25) is 0 Å². The van der Waals surface area contributed by atoms with Gasteiger partial charge in [0.25, 0.3) is 0 Å². The van der Waals surface area contributed by atoms with Gasteiger partial charge < -0.3 is 14.8 Å². The second-order valence-corrected chi connectivity index (χ2v) is 6.79. The summed E-state index contributed by atoms with van der Waals surface area (Å²) in [6.07, 6.45) is 8.71. The molecule has 26 heavy (non-hydrogen) atoms. The van der Waals surface area contributed by atoms with Gasteiger partial charge in [0.1, 0.15) is 5.82 Å². The number of rotatable bonds is 4. The smallest absolute Gasteiger partial charge is 0.317 e. The molecule has 8 heteroatoms. The maximum Gasteiger partial charge on any atom is 0.317 e. The summed E-state index contributed by atoms with van der Waals surface area (Å²) in [4.78, 5) is 18.7. The van der Waals surface area contributed by atoms with Crippen LogP contribution in [-0.2, 0) is 20.0 Å². The molecule has 1 fully saturated rings. The Hall–Kier alpha value is -2.90. The van der Waals surface area contributed by atoms with Gasteiger partial charge >= 0.3 is 6.03 Å². The molecule has 136 valence electrons. The van der Waals surface area contributed by atoms with Crippen LogP contribution in [0.1, 0.15) is 24.5 Å². The van der Waals surface area contributed by atoms with Gasteiger partial charge in [0.05, 0.1) is 6.54 Å². The van der Waals surface area contributed by atoms with Gasteiger partial charge in [-0.1, -0.05) is 6.07 Å². The Balaban J connectivity index is 1.28. The highest BCUT2D eigenvalue weighted by Crippen LogP contribution is 2.21. The van der Waals surface area contributed by atoms with E-state index in [4.69, 9.17) is 0 Å². The molecular weight excluding hydrogens is 330 g/mol. The van der Waals surface area contributed by atoms with E-state index < -0.39 is 0 Å². The highest BCUT2D eigenvalue weighted by molar-refractivity contribution is 5.74. The lowest BCUT2D eigenvalue weighted by molar-refractivity contribution is 0.169. The summed E-state index contributed by atoms with van der Waals surface area (Å²) in [5.74, 6) is 2.44. The lowest BCUT2D eigenvalue weighted by Crippen LogP contribution is -2.44. The van der Waals surface area contributed by atoms with Crippen molar-refractivity contribution in [2.75, 3.05) is 13.1 Å². The van der Waals surface area contributed by atoms with Gasteiger partial charge in [-0.15, -0.1) is 10.2 Å². The second-order valence-electron chi connectivity index (χ2n) is 6.79. The number of imidazole rings is 1. The number of pyridine rings is 1. The SMILES string of the molecule is Cn1ccnc1CC1CCN(C(=O)NCc2nnc3ccccn23)CC1. The number of hydrogen-bond acceptors (Lipinski definition) is 4. The molecule has 1 saturated heterocycles. The third-order valence-corrected chi connectivity index (χ3v) is 5.08. The molecule has 0 unspecified atom stereocenters. The van der Waals surface area contributed by atoms with Crippen molar-refractivity contribution in [2.45, 2.75) is 25.8 Å². The molecule has 0 bridgehead atoms. The van der Waals surface area contributed by atoms with Crippen molar-refractivity contribution in [3.05, 3.63) is 48.4 Å². The minimum Gasteiger partial charge on any atom is -0.338 e. The molecule has 0 atom stereocenters. The van der Waals surface area contributed by atoms with E-state index >= 15 is 0 Å². The standard InChI is InChI=1S/C18H23N7O/c1-23-11-7-19-16(23)12-14-5-9-24(10-6-14)18(26)20-13-17-22-21-15-4-2-3-8-25(15)17/h2-4,7-8,11,14H,5-6,9-10,12-13H2,1H3,(H,20,26). The van der Waals surface area contributed by atoms with Crippen LogP contribution < -0.4 is 5.32 Å².